The summed E-state index contributed by atoms with van der Waals surface area (Å²) in [7, 11) is -2.13. The highest BCUT2D eigenvalue weighted by atomic mass is 32.2. The van der Waals surface area contributed by atoms with Crippen molar-refractivity contribution in [3.8, 4) is 0 Å². The highest BCUT2D eigenvalue weighted by Gasteiger charge is 2.27. The second kappa shape index (κ2) is 5.36. The van der Waals surface area contributed by atoms with Gasteiger partial charge in [-0.2, -0.15) is 4.31 Å². The topological polar surface area (TPSA) is 50.3 Å². The van der Waals surface area contributed by atoms with Crippen LogP contribution in [-0.4, -0.2) is 24.8 Å². The molecule has 102 valence electrons. The maximum absolute atomic E-state index is 12.9. The lowest BCUT2D eigenvalue weighted by molar-refractivity contribution is 0.396. The van der Waals surface area contributed by atoms with E-state index >= 15 is 0 Å². The van der Waals surface area contributed by atoms with E-state index < -0.39 is 16.1 Å². The molecular formula is C12H13FN2O2S2. The number of nitrogens with zero attached hydrogens (tertiary/aromatic N) is 2. The number of hydrogen-bond donors (Lipinski definition) is 0. The lowest BCUT2D eigenvalue weighted by Crippen LogP contribution is -2.30. The standard InChI is InChI=1S/C12H13FN2O2S2/c1-9(10-3-5-11(13)6-4-10)15(2)19(16,17)12-7-18-8-14-12/h3-9H,1-2H3/t9-/m0/s1. The van der Waals surface area contributed by atoms with E-state index in [1.54, 1.807) is 19.1 Å². The fourth-order valence-electron chi connectivity index (χ4n) is 1.64. The van der Waals surface area contributed by atoms with Crippen LogP contribution in [0, 0.1) is 5.82 Å². The van der Waals surface area contributed by atoms with Crippen molar-refractivity contribution in [3.63, 3.8) is 0 Å². The van der Waals surface area contributed by atoms with E-state index in [0.29, 0.717) is 0 Å². The molecule has 0 spiro atoms. The highest BCUT2D eigenvalue weighted by molar-refractivity contribution is 7.89. The first-order valence-corrected chi connectivity index (χ1v) is 7.93. The minimum absolute atomic E-state index is 0.0361. The van der Waals surface area contributed by atoms with Gasteiger partial charge in [-0.15, -0.1) is 11.3 Å². The summed E-state index contributed by atoms with van der Waals surface area (Å²) < 4.78 is 38.6. The van der Waals surface area contributed by atoms with Gasteiger partial charge in [0.15, 0.2) is 5.03 Å². The van der Waals surface area contributed by atoms with Gasteiger partial charge in [0.25, 0.3) is 10.0 Å². The van der Waals surface area contributed by atoms with Gasteiger partial charge in [0.05, 0.1) is 5.51 Å². The van der Waals surface area contributed by atoms with Crippen molar-refractivity contribution in [1.82, 2.24) is 9.29 Å². The zero-order chi connectivity index (χ0) is 14.0. The molecule has 0 unspecified atom stereocenters. The van der Waals surface area contributed by atoms with Gasteiger partial charge < -0.3 is 0 Å². The molecule has 1 aromatic carbocycles. The van der Waals surface area contributed by atoms with E-state index in [4.69, 9.17) is 0 Å². The molecule has 4 nitrogen and oxygen atoms in total. The van der Waals surface area contributed by atoms with Crippen molar-refractivity contribution in [1.29, 1.82) is 0 Å². The first-order valence-electron chi connectivity index (χ1n) is 5.54. The Hall–Kier alpha value is -1.31. The molecule has 0 saturated heterocycles. The lowest BCUT2D eigenvalue weighted by Gasteiger charge is -2.23. The van der Waals surface area contributed by atoms with Gasteiger partial charge in [-0.05, 0) is 24.6 Å². The predicted octanol–water partition coefficient (Wildman–Crippen LogP) is 2.66. The third kappa shape index (κ3) is 2.83. The Labute approximate surface area is 115 Å². The maximum atomic E-state index is 12.9. The summed E-state index contributed by atoms with van der Waals surface area (Å²) in [6.45, 7) is 1.75. The molecule has 0 aliphatic carbocycles. The molecule has 2 rings (SSSR count). The summed E-state index contributed by atoms with van der Waals surface area (Å²) in [6.07, 6.45) is 0. The van der Waals surface area contributed by atoms with E-state index in [1.807, 2.05) is 0 Å². The van der Waals surface area contributed by atoms with E-state index in [9.17, 15) is 12.8 Å². The van der Waals surface area contributed by atoms with Crippen LogP contribution in [0.15, 0.2) is 40.2 Å². The molecule has 0 fully saturated rings. The predicted molar refractivity (Wildman–Crippen MR) is 71.9 cm³/mol. The Balaban J connectivity index is 2.29. The van der Waals surface area contributed by atoms with Crippen LogP contribution in [0.4, 0.5) is 4.39 Å². The molecule has 7 heteroatoms. The zero-order valence-corrected chi connectivity index (χ0v) is 12.1. The fourth-order valence-corrected chi connectivity index (χ4v) is 3.79. The van der Waals surface area contributed by atoms with Crippen LogP contribution in [0.5, 0.6) is 0 Å². The van der Waals surface area contributed by atoms with Gasteiger partial charge in [0.2, 0.25) is 0 Å². The van der Waals surface area contributed by atoms with Crippen LogP contribution in [-0.2, 0) is 10.0 Å². The molecule has 1 heterocycles. The SMILES string of the molecule is C[C@@H](c1ccc(F)cc1)N(C)S(=O)(=O)c1cscn1. The molecule has 1 atom stereocenters. The smallest absolute Gasteiger partial charge is 0.232 e. The molecule has 0 bridgehead atoms. The average Bonchev–Trinajstić information content (AvgIpc) is 2.92. The van der Waals surface area contributed by atoms with Crippen LogP contribution < -0.4 is 0 Å². The summed E-state index contributed by atoms with van der Waals surface area (Å²) in [4.78, 5) is 3.83. The first kappa shape index (κ1) is 14.1. The number of aromatic nitrogens is 1. The molecule has 0 N–H and O–H groups in total. The van der Waals surface area contributed by atoms with Gasteiger partial charge in [0, 0.05) is 18.5 Å². The summed E-state index contributed by atoms with van der Waals surface area (Å²) in [5.41, 5.74) is 2.20. The maximum Gasteiger partial charge on any atom is 0.261 e. The quantitative estimate of drug-likeness (QED) is 0.872. The van der Waals surface area contributed by atoms with Crippen LogP contribution in [0.1, 0.15) is 18.5 Å². The van der Waals surface area contributed by atoms with Crippen molar-refractivity contribution in [2.24, 2.45) is 0 Å². The number of halogens is 1. The van der Waals surface area contributed by atoms with Gasteiger partial charge in [-0.25, -0.2) is 17.8 Å². The zero-order valence-electron chi connectivity index (χ0n) is 10.4. The Morgan fingerprint density at radius 1 is 1.32 bits per heavy atom. The first-order chi connectivity index (χ1) is 8.93. The molecule has 0 aliphatic rings. The third-order valence-electron chi connectivity index (χ3n) is 2.95. The van der Waals surface area contributed by atoms with Crippen molar-refractivity contribution in [3.05, 3.63) is 46.5 Å². The number of benzene rings is 1. The number of thiazole rings is 1. The molecule has 0 aliphatic heterocycles. The van der Waals surface area contributed by atoms with Gasteiger partial charge in [-0.1, -0.05) is 12.1 Å². The average molecular weight is 300 g/mol. The molecule has 1 aromatic heterocycles. The van der Waals surface area contributed by atoms with Crippen LogP contribution >= 0.6 is 11.3 Å². The summed E-state index contributed by atoms with van der Waals surface area (Å²) in [6, 6.07) is 5.39. The number of sulfonamides is 1. The molecule has 19 heavy (non-hydrogen) atoms. The van der Waals surface area contributed by atoms with Crippen LogP contribution in [0.2, 0.25) is 0 Å². The van der Waals surface area contributed by atoms with Gasteiger partial charge >= 0.3 is 0 Å². The molecule has 0 radical (unpaired) electrons. The second-order valence-corrected chi connectivity index (χ2v) is 6.74. The molecular weight excluding hydrogens is 287 g/mol. The summed E-state index contributed by atoms with van der Waals surface area (Å²) >= 11 is 1.23. The Kier molecular flexibility index (Phi) is 3.98. The molecule has 0 saturated carbocycles. The van der Waals surface area contributed by atoms with E-state index in [2.05, 4.69) is 4.98 Å². The molecule has 0 amide bonds. The monoisotopic (exact) mass is 300 g/mol. The van der Waals surface area contributed by atoms with Crippen LogP contribution in [0.25, 0.3) is 0 Å². The minimum atomic E-state index is -3.61. The Morgan fingerprint density at radius 3 is 2.47 bits per heavy atom. The number of hydrogen-bond acceptors (Lipinski definition) is 4. The van der Waals surface area contributed by atoms with E-state index in [1.165, 1.54) is 45.7 Å². The fraction of sp³-hybridized carbons (Fsp3) is 0.250. The van der Waals surface area contributed by atoms with Crippen molar-refractivity contribution in [2.45, 2.75) is 18.0 Å². The third-order valence-corrected chi connectivity index (χ3v) is 5.51. The van der Waals surface area contributed by atoms with E-state index in [-0.39, 0.29) is 10.8 Å². The van der Waals surface area contributed by atoms with Gasteiger partial charge in [0.1, 0.15) is 5.82 Å². The minimum Gasteiger partial charge on any atom is -0.232 e. The lowest BCUT2D eigenvalue weighted by atomic mass is 10.1. The van der Waals surface area contributed by atoms with Crippen molar-refractivity contribution >= 4 is 21.4 Å². The largest absolute Gasteiger partial charge is 0.261 e. The Morgan fingerprint density at radius 2 is 1.95 bits per heavy atom. The summed E-state index contributed by atoms with van der Waals surface area (Å²) in [5.74, 6) is -0.346. The second-order valence-electron chi connectivity index (χ2n) is 4.08. The normalized spacial score (nSPS) is 13.7. The summed E-state index contributed by atoms with van der Waals surface area (Å²) in [5, 5.41) is 1.53. The number of rotatable bonds is 4. The Bertz CT molecular complexity index is 639. The van der Waals surface area contributed by atoms with Crippen molar-refractivity contribution in [2.75, 3.05) is 7.05 Å². The molecule has 2 aromatic rings. The van der Waals surface area contributed by atoms with E-state index in [0.717, 1.165) is 5.56 Å². The highest BCUT2D eigenvalue weighted by Crippen LogP contribution is 2.25. The van der Waals surface area contributed by atoms with Crippen molar-refractivity contribution < 1.29 is 12.8 Å². The van der Waals surface area contributed by atoms with Gasteiger partial charge in [-0.3, -0.25) is 0 Å². The van der Waals surface area contributed by atoms with Crippen LogP contribution in [0.3, 0.4) is 0 Å².